The lowest BCUT2D eigenvalue weighted by molar-refractivity contribution is 0.269. The summed E-state index contributed by atoms with van der Waals surface area (Å²) >= 11 is 6.41. The number of imidazole rings is 1. The fraction of sp³-hybridized carbons (Fsp3) is 0.588. The van der Waals surface area contributed by atoms with Gasteiger partial charge in [0.25, 0.3) is 0 Å². The number of aryl methyl sites for hydroxylation is 1. The summed E-state index contributed by atoms with van der Waals surface area (Å²) < 4.78 is 2.34. The van der Waals surface area contributed by atoms with Crippen molar-refractivity contribution in [1.29, 1.82) is 0 Å². The Kier molecular flexibility index (Phi) is 4.95. The standard InChI is InChI=1S/C17H26ClN3/c1-11(2)16(10-20(5)6)21-15-8-7-12(3)9-14(15)19-17(21)13(4)18/h7-9,11,13,16H,10H2,1-6H3. The first-order valence-electron chi connectivity index (χ1n) is 7.58. The molecule has 1 aromatic carbocycles. The molecular weight excluding hydrogens is 282 g/mol. The molecule has 0 aliphatic heterocycles. The number of benzene rings is 1. The number of fused-ring (bicyclic) bond motifs is 1. The lowest BCUT2D eigenvalue weighted by atomic mass is 10.0. The summed E-state index contributed by atoms with van der Waals surface area (Å²) in [5.74, 6) is 1.48. The molecule has 1 heterocycles. The maximum absolute atomic E-state index is 6.41. The molecular formula is C17H26ClN3. The highest BCUT2D eigenvalue weighted by Crippen LogP contribution is 2.31. The van der Waals surface area contributed by atoms with Gasteiger partial charge in [0.15, 0.2) is 0 Å². The predicted molar refractivity (Wildman–Crippen MR) is 91.2 cm³/mol. The smallest absolute Gasteiger partial charge is 0.128 e. The zero-order valence-electron chi connectivity index (χ0n) is 13.9. The summed E-state index contributed by atoms with van der Waals surface area (Å²) in [6.07, 6.45) is 0. The zero-order valence-corrected chi connectivity index (χ0v) is 14.6. The molecule has 0 spiro atoms. The third-order valence-electron chi connectivity index (χ3n) is 3.88. The number of hydrogen-bond donors (Lipinski definition) is 0. The topological polar surface area (TPSA) is 21.1 Å². The quantitative estimate of drug-likeness (QED) is 0.763. The third-order valence-corrected chi connectivity index (χ3v) is 4.08. The van der Waals surface area contributed by atoms with Gasteiger partial charge in [0, 0.05) is 6.54 Å². The first kappa shape index (κ1) is 16.3. The molecule has 0 amide bonds. The molecule has 2 aromatic rings. The van der Waals surface area contributed by atoms with Crippen LogP contribution in [0.15, 0.2) is 18.2 Å². The molecule has 0 fully saturated rings. The van der Waals surface area contributed by atoms with E-state index in [-0.39, 0.29) is 5.38 Å². The second-order valence-corrected chi connectivity index (χ2v) is 7.18. The van der Waals surface area contributed by atoms with Crippen LogP contribution in [0.25, 0.3) is 11.0 Å². The molecule has 0 aliphatic carbocycles. The second kappa shape index (κ2) is 6.37. The van der Waals surface area contributed by atoms with Gasteiger partial charge in [-0.3, -0.25) is 0 Å². The van der Waals surface area contributed by atoms with E-state index in [1.165, 1.54) is 11.1 Å². The Morgan fingerprint density at radius 3 is 2.43 bits per heavy atom. The Bertz CT molecular complexity index is 614. The highest BCUT2D eigenvalue weighted by atomic mass is 35.5. The summed E-state index contributed by atoms with van der Waals surface area (Å²) in [7, 11) is 4.23. The van der Waals surface area contributed by atoms with Gasteiger partial charge in [-0.2, -0.15) is 0 Å². The summed E-state index contributed by atoms with van der Waals surface area (Å²) in [5, 5.41) is -0.0962. The number of alkyl halides is 1. The van der Waals surface area contributed by atoms with Crippen LogP contribution >= 0.6 is 11.6 Å². The van der Waals surface area contributed by atoms with Gasteiger partial charge in [-0.15, -0.1) is 11.6 Å². The van der Waals surface area contributed by atoms with Gasteiger partial charge >= 0.3 is 0 Å². The van der Waals surface area contributed by atoms with Gasteiger partial charge in [-0.05, 0) is 51.6 Å². The van der Waals surface area contributed by atoms with Crippen molar-refractivity contribution in [2.24, 2.45) is 5.92 Å². The van der Waals surface area contributed by atoms with E-state index in [2.05, 4.69) is 62.5 Å². The van der Waals surface area contributed by atoms with Gasteiger partial charge in [-0.25, -0.2) is 4.98 Å². The van der Waals surface area contributed by atoms with Crippen molar-refractivity contribution in [3.05, 3.63) is 29.6 Å². The molecule has 1 aromatic heterocycles. The minimum atomic E-state index is -0.0962. The summed E-state index contributed by atoms with van der Waals surface area (Å²) in [6, 6.07) is 6.83. The molecule has 116 valence electrons. The molecule has 0 radical (unpaired) electrons. The van der Waals surface area contributed by atoms with Crippen LogP contribution in [0, 0.1) is 12.8 Å². The van der Waals surface area contributed by atoms with Gasteiger partial charge in [0.05, 0.1) is 22.5 Å². The third kappa shape index (κ3) is 3.41. The first-order valence-corrected chi connectivity index (χ1v) is 8.02. The molecule has 2 rings (SSSR count). The average Bonchev–Trinajstić information content (AvgIpc) is 2.73. The van der Waals surface area contributed by atoms with Crippen LogP contribution in [-0.4, -0.2) is 35.1 Å². The lowest BCUT2D eigenvalue weighted by Gasteiger charge is -2.28. The van der Waals surface area contributed by atoms with Gasteiger partial charge in [0.2, 0.25) is 0 Å². The van der Waals surface area contributed by atoms with Crippen LogP contribution in [-0.2, 0) is 0 Å². The summed E-state index contributed by atoms with van der Waals surface area (Å²) in [5.41, 5.74) is 3.46. The minimum Gasteiger partial charge on any atom is -0.322 e. The van der Waals surface area contributed by atoms with Crippen LogP contribution in [0.1, 0.15) is 43.6 Å². The number of hydrogen-bond acceptors (Lipinski definition) is 2. The number of aromatic nitrogens is 2. The van der Waals surface area contributed by atoms with E-state index in [4.69, 9.17) is 16.6 Å². The van der Waals surface area contributed by atoms with Gasteiger partial charge in [0.1, 0.15) is 5.82 Å². The highest BCUT2D eigenvalue weighted by Gasteiger charge is 2.24. The van der Waals surface area contributed by atoms with E-state index in [1.807, 2.05) is 6.92 Å². The maximum Gasteiger partial charge on any atom is 0.128 e. The number of halogens is 1. The zero-order chi connectivity index (χ0) is 15.7. The Morgan fingerprint density at radius 1 is 1.24 bits per heavy atom. The van der Waals surface area contributed by atoms with Crippen molar-refractivity contribution in [3.63, 3.8) is 0 Å². The number of nitrogens with zero attached hydrogens (tertiary/aromatic N) is 3. The first-order chi connectivity index (χ1) is 9.81. The fourth-order valence-electron chi connectivity index (χ4n) is 2.82. The molecule has 0 saturated carbocycles. The Hall–Kier alpha value is -1.06. The molecule has 0 saturated heterocycles. The van der Waals surface area contributed by atoms with Crippen molar-refractivity contribution < 1.29 is 0 Å². The molecule has 21 heavy (non-hydrogen) atoms. The monoisotopic (exact) mass is 307 g/mol. The molecule has 2 atom stereocenters. The fourth-order valence-corrected chi connectivity index (χ4v) is 2.98. The molecule has 3 nitrogen and oxygen atoms in total. The minimum absolute atomic E-state index is 0.0962. The van der Waals surface area contributed by atoms with E-state index in [0.29, 0.717) is 12.0 Å². The molecule has 2 unspecified atom stereocenters. The van der Waals surface area contributed by atoms with E-state index in [9.17, 15) is 0 Å². The predicted octanol–water partition coefficient (Wildman–Crippen LogP) is 4.40. The second-order valence-electron chi connectivity index (χ2n) is 6.52. The summed E-state index contributed by atoms with van der Waals surface area (Å²) in [4.78, 5) is 7.03. The van der Waals surface area contributed by atoms with Crippen LogP contribution < -0.4 is 0 Å². The number of rotatable bonds is 5. The van der Waals surface area contributed by atoms with Crippen LogP contribution in [0.2, 0.25) is 0 Å². The lowest BCUT2D eigenvalue weighted by Crippen LogP contribution is -2.29. The normalized spacial score (nSPS) is 15.1. The van der Waals surface area contributed by atoms with Crippen LogP contribution in [0.5, 0.6) is 0 Å². The molecule has 4 heteroatoms. The largest absolute Gasteiger partial charge is 0.322 e. The van der Waals surface area contributed by atoms with E-state index in [0.717, 1.165) is 17.9 Å². The summed E-state index contributed by atoms with van der Waals surface area (Å²) in [6.45, 7) is 9.60. The number of likely N-dealkylation sites (N-methyl/N-ethyl adjacent to an activating group) is 1. The average molecular weight is 308 g/mol. The SMILES string of the molecule is Cc1ccc2c(c1)nc(C(C)Cl)n2C(CN(C)C)C(C)C. The van der Waals surface area contributed by atoms with Gasteiger partial charge in [-0.1, -0.05) is 19.9 Å². The van der Waals surface area contributed by atoms with Gasteiger partial charge < -0.3 is 9.47 Å². The van der Waals surface area contributed by atoms with Crippen molar-refractivity contribution in [3.8, 4) is 0 Å². The molecule has 0 bridgehead atoms. The van der Waals surface area contributed by atoms with E-state index >= 15 is 0 Å². The van der Waals surface area contributed by atoms with E-state index < -0.39 is 0 Å². The molecule has 0 N–H and O–H groups in total. The Balaban J connectivity index is 2.65. The maximum atomic E-state index is 6.41. The highest BCUT2D eigenvalue weighted by molar-refractivity contribution is 6.20. The van der Waals surface area contributed by atoms with Crippen molar-refractivity contribution in [1.82, 2.24) is 14.5 Å². The van der Waals surface area contributed by atoms with Crippen LogP contribution in [0.4, 0.5) is 0 Å². The molecule has 0 aliphatic rings. The van der Waals surface area contributed by atoms with Crippen LogP contribution in [0.3, 0.4) is 0 Å². The van der Waals surface area contributed by atoms with E-state index in [1.54, 1.807) is 0 Å². The van der Waals surface area contributed by atoms with Crippen molar-refractivity contribution in [2.45, 2.75) is 39.1 Å². The Morgan fingerprint density at radius 2 is 1.90 bits per heavy atom. The Labute approximate surface area is 132 Å². The van der Waals surface area contributed by atoms with Crippen molar-refractivity contribution >= 4 is 22.6 Å². The van der Waals surface area contributed by atoms with Crippen molar-refractivity contribution in [2.75, 3.05) is 20.6 Å².